The summed E-state index contributed by atoms with van der Waals surface area (Å²) in [6.07, 6.45) is 4.69. The summed E-state index contributed by atoms with van der Waals surface area (Å²) in [5.74, 6) is -0.706. The monoisotopic (exact) mass is 288 g/mol. The van der Waals surface area contributed by atoms with Crippen molar-refractivity contribution < 1.29 is 23.8 Å². The summed E-state index contributed by atoms with van der Waals surface area (Å²) in [5, 5.41) is 0. The zero-order valence-electron chi connectivity index (χ0n) is 13.0. The predicted octanol–water partition coefficient (Wildman–Crippen LogP) is 2.72. The van der Waals surface area contributed by atoms with Gasteiger partial charge in [-0.05, 0) is 19.8 Å². The molecule has 20 heavy (non-hydrogen) atoms. The van der Waals surface area contributed by atoms with Crippen LogP contribution in [0.2, 0.25) is 0 Å². The van der Waals surface area contributed by atoms with Crippen LogP contribution in [0.4, 0.5) is 0 Å². The van der Waals surface area contributed by atoms with Crippen LogP contribution in [0.15, 0.2) is 0 Å². The van der Waals surface area contributed by atoms with Crippen molar-refractivity contribution in [2.75, 3.05) is 26.9 Å². The van der Waals surface area contributed by atoms with E-state index in [2.05, 4.69) is 6.92 Å². The summed E-state index contributed by atoms with van der Waals surface area (Å²) in [4.78, 5) is 23.3. The molecular formula is C15H28O5. The molecule has 0 fully saturated rings. The third-order valence-electron chi connectivity index (χ3n) is 3.02. The topological polar surface area (TPSA) is 61.8 Å². The average molecular weight is 288 g/mol. The summed E-state index contributed by atoms with van der Waals surface area (Å²) < 4.78 is 14.9. The predicted molar refractivity (Wildman–Crippen MR) is 76.3 cm³/mol. The lowest BCUT2D eigenvalue weighted by Gasteiger charge is -2.15. The van der Waals surface area contributed by atoms with Crippen LogP contribution in [0.1, 0.15) is 52.4 Å². The van der Waals surface area contributed by atoms with Gasteiger partial charge in [0.2, 0.25) is 0 Å². The maximum absolute atomic E-state index is 12.0. The zero-order valence-corrected chi connectivity index (χ0v) is 13.0. The molecule has 0 aromatic heterocycles. The molecule has 0 rings (SSSR count). The minimum atomic E-state index is -0.252. The van der Waals surface area contributed by atoms with E-state index in [4.69, 9.17) is 14.2 Å². The van der Waals surface area contributed by atoms with Crippen LogP contribution in [0.3, 0.4) is 0 Å². The standard InChI is InChI=1S/C15H28O5/c1-4-6-7-8-13(9-10-14(16)19-5-2)15(17)20-12-11-18-3/h13H,4-12H2,1-3H3. The minimum absolute atomic E-state index is 0.220. The molecule has 0 N–H and O–H groups in total. The fourth-order valence-electron chi connectivity index (χ4n) is 1.89. The van der Waals surface area contributed by atoms with Gasteiger partial charge < -0.3 is 14.2 Å². The van der Waals surface area contributed by atoms with Crippen LogP contribution in [0.25, 0.3) is 0 Å². The molecule has 5 heteroatoms. The van der Waals surface area contributed by atoms with E-state index in [9.17, 15) is 9.59 Å². The highest BCUT2D eigenvalue weighted by Crippen LogP contribution is 2.18. The zero-order chi connectivity index (χ0) is 15.2. The molecule has 5 nitrogen and oxygen atoms in total. The Morgan fingerprint density at radius 1 is 1.00 bits per heavy atom. The molecular weight excluding hydrogens is 260 g/mol. The fraction of sp³-hybridized carbons (Fsp3) is 0.867. The van der Waals surface area contributed by atoms with Crippen LogP contribution in [0, 0.1) is 5.92 Å². The van der Waals surface area contributed by atoms with Gasteiger partial charge in [-0.2, -0.15) is 0 Å². The Morgan fingerprint density at radius 2 is 1.75 bits per heavy atom. The SMILES string of the molecule is CCCCCC(CCC(=O)OCC)C(=O)OCCOC. The van der Waals surface area contributed by atoms with Gasteiger partial charge in [-0.25, -0.2) is 0 Å². The summed E-state index contributed by atoms with van der Waals surface area (Å²) in [6, 6.07) is 0. The molecule has 0 bridgehead atoms. The van der Waals surface area contributed by atoms with E-state index < -0.39 is 0 Å². The molecule has 0 aromatic carbocycles. The Kier molecular flexibility index (Phi) is 12.2. The molecule has 118 valence electrons. The Morgan fingerprint density at radius 3 is 2.35 bits per heavy atom. The summed E-state index contributed by atoms with van der Waals surface area (Å²) in [5.41, 5.74) is 0. The third kappa shape index (κ3) is 9.78. The molecule has 1 unspecified atom stereocenters. The molecule has 0 aliphatic rings. The lowest BCUT2D eigenvalue weighted by molar-refractivity contribution is -0.151. The fourth-order valence-corrected chi connectivity index (χ4v) is 1.89. The molecule has 1 atom stereocenters. The number of rotatable bonds is 12. The van der Waals surface area contributed by atoms with Crippen molar-refractivity contribution in [3.05, 3.63) is 0 Å². The quantitative estimate of drug-likeness (QED) is 0.408. The van der Waals surface area contributed by atoms with Gasteiger partial charge in [0.1, 0.15) is 6.61 Å². The van der Waals surface area contributed by atoms with Crippen molar-refractivity contribution in [2.24, 2.45) is 5.92 Å². The molecule has 0 aromatic rings. The van der Waals surface area contributed by atoms with Crippen LogP contribution in [-0.4, -0.2) is 38.9 Å². The number of unbranched alkanes of at least 4 members (excludes halogenated alkanes) is 2. The van der Waals surface area contributed by atoms with Crippen molar-refractivity contribution in [1.82, 2.24) is 0 Å². The van der Waals surface area contributed by atoms with Gasteiger partial charge in [0, 0.05) is 13.5 Å². The number of ether oxygens (including phenoxy) is 3. The first-order chi connectivity index (χ1) is 9.65. The van der Waals surface area contributed by atoms with Gasteiger partial charge in [0.25, 0.3) is 0 Å². The first-order valence-electron chi connectivity index (χ1n) is 7.46. The van der Waals surface area contributed by atoms with Gasteiger partial charge in [0.15, 0.2) is 0 Å². The van der Waals surface area contributed by atoms with E-state index in [0.717, 1.165) is 25.7 Å². The number of esters is 2. The van der Waals surface area contributed by atoms with E-state index in [1.165, 1.54) is 0 Å². The smallest absolute Gasteiger partial charge is 0.309 e. The van der Waals surface area contributed by atoms with Gasteiger partial charge in [-0.3, -0.25) is 9.59 Å². The normalized spacial score (nSPS) is 11.9. The Balaban J connectivity index is 4.17. The van der Waals surface area contributed by atoms with Crippen molar-refractivity contribution in [1.29, 1.82) is 0 Å². The summed E-state index contributed by atoms with van der Waals surface area (Å²) in [7, 11) is 1.56. The van der Waals surface area contributed by atoms with Crippen molar-refractivity contribution in [3.8, 4) is 0 Å². The van der Waals surface area contributed by atoms with Crippen molar-refractivity contribution in [3.63, 3.8) is 0 Å². The highest BCUT2D eigenvalue weighted by Gasteiger charge is 2.21. The molecule has 0 spiro atoms. The second-order valence-corrected chi connectivity index (χ2v) is 4.70. The van der Waals surface area contributed by atoms with Crippen LogP contribution < -0.4 is 0 Å². The molecule has 0 aliphatic heterocycles. The van der Waals surface area contributed by atoms with Gasteiger partial charge >= 0.3 is 11.9 Å². The number of hydrogen-bond donors (Lipinski definition) is 0. The number of carbonyl (C=O) groups excluding carboxylic acids is 2. The Bertz CT molecular complexity index is 265. The van der Waals surface area contributed by atoms with Crippen LogP contribution >= 0.6 is 0 Å². The van der Waals surface area contributed by atoms with Gasteiger partial charge in [-0.1, -0.05) is 26.2 Å². The minimum Gasteiger partial charge on any atom is -0.466 e. The number of hydrogen-bond acceptors (Lipinski definition) is 5. The molecule has 0 saturated carbocycles. The molecule has 0 saturated heterocycles. The van der Waals surface area contributed by atoms with E-state index in [0.29, 0.717) is 19.6 Å². The van der Waals surface area contributed by atoms with Gasteiger partial charge in [-0.15, -0.1) is 0 Å². The van der Waals surface area contributed by atoms with Crippen molar-refractivity contribution in [2.45, 2.75) is 52.4 Å². The van der Waals surface area contributed by atoms with Crippen molar-refractivity contribution >= 4 is 11.9 Å². The maximum atomic E-state index is 12.0. The van der Waals surface area contributed by atoms with E-state index in [1.807, 2.05) is 0 Å². The number of carbonyl (C=O) groups is 2. The Hall–Kier alpha value is -1.10. The van der Waals surface area contributed by atoms with Crippen LogP contribution in [-0.2, 0) is 23.8 Å². The molecule has 0 radical (unpaired) electrons. The average Bonchev–Trinajstić information content (AvgIpc) is 2.43. The first kappa shape index (κ1) is 18.9. The number of methoxy groups -OCH3 is 1. The lowest BCUT2D eigenvalue weighted by Crippen LogP contribution is -2.21. The second-order valence-electron chi connectivity index (χ2n) is 4.70. The maximum Gasteiger partial charge on any atom is 0.309 e. The van der Waals surface area contributed by atoms with E-state index in [1.54, 1.807) is 14.0 Å². The molecule has 0 heterocycles. The van der Waals surface area contributed by atoms with E-state index in [-0.39, 0.29) is 30.9 Å². The third-order valence-corrected chi connectivity index (χ3v) is 3.02. The second kappa shape index (κ2) is 12.9. The summed E-state index contributed by atoms with van der Waals surface area (Å²) >= 11 is 0. The highest BCUT2D eigenvalue weighted by atomic mass is 16.6. The lowest BCUT2D eigenvalue weighted by atomic mass is 9.96. The molecule has 0 amide bonds. The molecule has 0 aliphatic carbocycles. The van der Waals surface area contributed by atoms with Crippen LogP contribution in [0.5, 0.6) is 0 Å². The first-order valence-corrected chi connectivity index (χ1v) is 7.46. The van der Waals surface area contributed by atoms with Gasteiger partial charge in [0.05, 0.1) is 19.1 Å². The largest absolute Gasteiger partial charge is 0.466 e. The summed E-state index contributed by atoms with van der Waals surface area (Å²) in [6.45, 7) is 4.92. The highest BCUT2D eigenvalue weighted by molar-refractivity contribution is 5.74. The Labute approximate surface area is 122 Å². The van der Waals surface area contributed by atoms with E-state index >= 15 is 0 Å².